The number of benzene rings is 2. The van der Waals surface area contributed by atoms with Gasteiger partial charge in [-0.1, -0.05) is 35.3 Å². The smallest absolute Gasteiger partial charge is 0.226 e. The van der Waals surface area contributed by atoms with Gasteiger partial charge in [-0.15, -0.1) is 0 Å². The number of ether oxygens (including phenoxy) is 2. The summed E-state index contributed by atoms with van der Waals surface area (Å²) in [6.45, 7) is 2.49. The molecule has 6 nitrogen and oxygen atoms in total. The highest BCUT2D eigenvalue weighted by Crippen LogP contribution is 2.37. The molecule has 2 amide bonds. The monoisotopic (exact) mass is 422 g/mol. The highest BCUT2D eigenvalue weighted by Gasteiger charge is 2.20. The summed E-state index contributed by atoms with van der Waals surface area (Å²) in [5.41, 5.74) is 1.20. The maximum absolute atomic E-state index is 12.6. The number of amides is 2. The third kappa shape index (κ3) is 5.30. The van der Waals surface area contributed by atoms with E-state index in [0.717, 1.165) is 12.0 Å². The summed E-state index contributed by atoms with van der Waals surface area (Å²) in [4.78, 5) is 24.2. The zero-order valence-corrected chi connectivity index (χ0v) is 16.8. The van der Waals surface area contributed by atoms with Crippen molar-refractivity contribution in [3.63, 3.8) is 0 Å². The van der Waals surface area contributed by atoms with Crippen LogP contribution >= 0.6 is 23.2 Å². The van der Waals surface area contributed by atoms with Crippen LogP contribution in [0.4, 0.5) is 5.69 Å². The van der Waals surface area contributed by atoms with E-state index in [2.05, 4.69) is 10.6 Å². The first-order valence-electron chi connectivity index (χ1n) is 8.84. The minimum atomic E-state index is -0.492. The Morgan fingerprint density at radius 2 is 1.71 bits per heavy atom. The third-order valence-corrected chi connectivity index (χ3v) is 4.72. The van der Waals surface area contributed by atoms with Crippen molar-refractivity contribution >= 4 is 40.7 Å². The van der Waals surface area contributed by atoms with E-state index in [4.69, 9.17) is 32.7 Å². The molecule has 0 bridgehead atoms. The molecule has 0 saturated heterocycles. The second-order valence-corrected chi connectivity index (χ2v) is 7.23. The summed E-state index contributed by atoms with van der Waals surface area (Å²) in [5, 5.41) is 6.49. The Hall–Kier alpha value is -2.44. The van der Waals surface area contributed by atoms with E-state index in [0.29, 0.717) is 40.4 Å². The molecule has 2 N–H and O–H groups in total. The lowest BCUT2D eigenvalue weighted by atomic mass is 10.0. The standard InChI is InChI=1S/C20H20Cl2N2O4/c1-12(25)23-16(13-3-5-14(21)6-4-13)11-20(26)24-17-10-19-18(9-15(17)22)27-7-2-8-28-19/h3-6,9-10,16H,2,7-8,11H2,1H3,(H,23,25)(H,24,26). The van der Waals surface area contributed by atoms with E-state index in [1.54, 1.807) is 36.4 Å². The van der Waals surface area contributed by atoms with Crippen LogP contribution in [0.3, 0.4) is 0 Å². The van der Waals surface area contributed by atoms with Gasteiger partial charge in [0.15, 0.2) is 11.5 Å². The molecule has 1 unspecified atom stereocenters. The largest absolute Gasteiger partial charge is 0.490 e. The zero-order valence-electron chi connectivity index (χ0n) is 15.3. The molecule has 0 saturated carbocycles. The maximum atomic E-state index is 12.6. The van der Waals surface area contributed by atoms with Gasteiger partial charge in [-0.3, -0.25) is 9.59 Å². The summed E-state index contributed by atoms with van der Waals surface area (Å²) in [6, 6.07) is 9.76. The SMILES string of the molecule is CC(=O)NC(CC(=O)Nc1cc2c(cc1Cl)OCCCO2)c1ccc(Cl)cc1. The molecule has 3 rings (SSSR count). The van der Waals surface area contributed by atoms with Gasteiger partial charge in [0, 0.05) is 30.5 Å². The molecular weight excluding hydrogens is 403 g/mol. The molecule has 0 aromatic heterocycles. The molecule has 2 aromatic rings. The molecule has 1 aliphatic rings. The number of fused-ring (bicyclic) bond motifs is 1. The van der Waals surface area contributed by atoms with Crippen molar-refractivity contribution in [2.24, 2.45) is 0 Å². The lowest BCUT2D eigenvalue weighted by molar-refractivity contribution is -0.120. The Kier molecular flexibility index (Phi) is 6.65. The number of hydrogen-bond acceptors (Lipinski definition) is 4. The number of carbonyl (C=O) groups is 2. The van der Waals surface area contributed by atoms with E-state index in [1.165, 1.54) is 6.92 Å². The number of hydrogen-bond donors (Lipinski definition) is 2. The minimum absolute atomic E-state index is 0.0337. The van der Waals surface area contributed by atoms with Gasteiger partial charge in [0.25, 0.3) is 0 Å². The normalized spacial score (nSPS) is 14.0. The quantitative estimate of drug-likeness (QED) is 0.749. The van der Waals surface area contributed by atoms with Crippen molar-refractivity contribution < 1.29 is 19.1 Å². The fourth-order valence-electron chi connectivity index (χ4n) is 2.86. The fourth-order valence-corrected chi connectivity index (χ4v) is 3.19. The number of anilines is 1. The molecule has 28 heavy (non-hydrogen) atoms. The molecule has 8 heteroatoms. The molecule has 0 radical (unpaired) electrons. The molecule has 0 spiro atoms. The van der Waals surface area contributed by atoms with Crippen molar-refractivity contribution in [2.45, 2.75) is 25.8 Å². The Labute approximate surface area is 173 Å². The van der Waals surface area contributed by atoms with Crippen LogP contribution in [0.15, 0.2) is 36.4 Å². The molecule has 2 aromatic carbocycles. The first-order valence-corrected chi connectivity index (χ1v) is 9.59. The van der Waals surface area contributed by atoms with Crippen LogP contribution in [-0.2, 0) is 9.59 Å². The van der Waals surface area contributed by atoms with Crippen molar-refractivity contribution in [1.29, 1.82) is 0 Å². The zero-order chi connectivity index (χ0) is 20.1. The van der Waals surface area contributed by atoms with Gasteiger partial charge < -0.3 is 20.1 Å². The predicted molar refractivity (Wildman–Crippen MR) is 108 cm³/mol. The minimum Gasteiger partial charge on any atom is -0.490 e. The van der Waals surface area contributed by atoms with Gasteiger partial charge in [0.05, 0.1) is 36.4 Å². The number of rotatable bonds is 5. The van der Waals surface area contributed by atoms with Crippen molar-refractivity contribution in [3.05, 3.63) is 52.0 Å². The Bertz CT molecular complexity index is 871. The lowest BCUT2D eigenvalue weighted by Crippen LogP contribution is -2.29. The lowest BCUT2D eigenvalue weighted by Gasteiger charge is -2.19. The Morgan fingerprint density at radius 1 is 1.07 bits per heavy atom. The van der Waals surface area contributed by atoms with Gasteiger partial charge in [0.2, 0.25) is 11.8 Å². The Morgan fingerprint density at radius 3 is 2.36 bits per heavy atom. The molecule has 1 atom stereocenters. The fraction of sp³-hybridized carbons (Fsp3) is 0.300. The van der Waals surface area contributed by atoms with Crippen molar-refractivity contribution in [1.82, 2.24) is 5.32 Å². The molecule has 1 aliphatic heterocycles. The van der Waals surface area contributed by atoms with Crippen LogP contribution < -0.4 is 20.1 Å². The summed E-state index contributed by atoms with van der Waals surface area (Å²) < 4.78 is 11.2. The van der Waals surface area contributed by atoms with E-state index >= 15 is 0 Å². The third-order valence-electron chi connectivity index (χ3n) is 4.15. The van der Waals surface area contributed by atoms with Crippen LogP contribution in [-0.4, -0.2) is 25.0 Å². The maximum Gasteiger partial charge on any atom is 0.226 e. The van der Waals surface area contributed by atoms with E-state index in [-0.39, 0.29) is 18.2 Å². The van der Waals surface area contributed by atoms with E-state index < -0.39 is 6.04 Å². The average molecular weight is 423 g/mol. The van der Waals surface area contributed by atoms with Gasteiger partial charge in [-0.2, -0.15) is 0 Å². The van der Waals surface area contributed by atoms with Crippen molar-refractivity contribution in [3.8, 4) is 11.5 Å². The molecule has 0 fully saturated rings. The average Bonchev–Trinajstić information content (AvgIpc) is 2.86. The van der Waals surface area contributed by atoms with Gasteiger partial charge in [-0.05, 0) is 17.7 Å². The van der Waals surface area contributed by atoms with Gasteiger partial charge >= 0.3 is 0 Å². The van der Waals surface area contributed by atoms with E-state index in [1.807, 2.05) is 0 Å². The highest BCUT2D eigenvalue weighted by atomic mass is 35.5. The molecule has 1 heterocycles. The second kappa shape index (κ2) is 9.17. The van der Waals surface area contributed by atoms with E-state index in [9.17, 15) is 9.59 Å². The molecule has 0 aliphatic carbocycles. The highest BCUT2D eigenvalue weighted by molar-refractivity contribution is 6.34. The Balaban J connectivity index is 1.74. The summed E-state index contributed by atoms with van der Waals surface area (Å²) in [6.07, 6.45) is 0.805. The predicted octanol–water partition coefficient (Wildman–Crippen LogP) is 4.36. The summed E-state index contributed by atoms with van der Waals surface area (Å²) >= 11 is 12.2. The van der Waals surface area contributed by atoms with Crippen LogP contribution in [0.2, 0.25) is 10.0 Å². The number of nitrogens with one attached hydrogen (secondary N) is 2. The first kappa shape index (κ1) is 20.3. The molecular formula is C20H20Cl2N2O4. The first-order chi connectivity index (χ1) is 13.4. The van der Waals surface area contributed by atoms with Crippen LogP contribution in [0.5, 0.6) is 11.5 Å². The van der Waals surface area contributed by atoms with Crippen molar-refractivity contribution in [2.75, 3.05) is 18.5 Å². The van der Waals surface area contributed by atoms with Crippen LogP contribution in [0.25, 0.3) is 0 Å². The second-order valence-electron chi connectivity index (χ2n) is 6.39. The van der Waals surface area contributed by atoms with Crippen LogP contribution in [0, 0.1) is 0 Å². The number of halogens is 2. The topological polar surface area (TPSA) is 76.7 Å². The molecule has 148 valence electrons. The van der Waals surface area contributed by atoms with Crippen LogP contribution in [0.1, 0.15) is 31.4 Å². The van der Waals surface area contributed by atoms with Gasteiger partial charge in [0.1, 0.15) is 0 Å². The summed E-state index contributed by atoms with van der Waals surface area (Å²) in [7, 11) is 0. The summed E-state index contributed by atoms with van der Waals surface area (Å²) in [5.74, 6) is 0.553. The number of carbonyl (C=O) groups excluding carboxylic acids is 2. The van der Waals surface area contributed by atoms with Gasteiger partial charge in [-0.25, -0.2) is 0 Å².